The third-order valence-corrected chi connectivity index (χ3v) is 3.30. The van der Waals surface area contributed by atoms with Crippen LogP contribution in [-0.4, -0.2) is 19.9 Å². The third kappa shape index (κ3) is 3.19. The highest BCUT2D eigenvalue weighted by Crippen LogP contribution is 2.27. The van der Waals surface area contributed by atoms with Gasteiger partial charge in [0.1, 0.15) is 0 Å². The monoisotopic (exact) mass is 335 g/mol. The number of nitrogens with zero attached hydrogens (tertiary/aromatic N) is 3. The van der Waals surface area contributed by atoms with E-state index in [9.17, 15) is 18.0 Å². The van der Waals surface area contributed by atoms with Crippen LogP contribution in [0, 0.1) is 13.8 Å². The zero-order chi connectivity index (χ0) is 17.5. The fourth-order valence-corrected chi connectivity index (χ4v) is 2.22. The van der Waals surface area contributed by atoms with E-state index in [1.165, 1.54) is 0 Å². The van der Waals surface area contributed by atoms with Gasteiger partial charge < -0.3 is 0 Å². The number of hydrogen-bond acceptors (Lipinski definition) is 5. The van der Waals surface area contributed by atoms with Gasteiger partial charge in [0.25, 0.3) is 5.56 Å². The van der Waals surface area contributed by atoms with Crippen LogP contribution < -0.4 is 10.9 Å². The van der Waals surface area contributed by atoms with Gasteiger partial charge in [0, 0.05) is 11.5 Å². The van der Waals surface area contributed by atoms with Crippen molar-refractivity contribution >= 4 is 22.8 Å². The van der Waals surface area contributed by atoms with Crippen molar-refractivity contribution in [3.8, 4) is 0 Å². The number of aromatic amines is 1. The number of nitrogens with one attached hydrogen (secondary N) is 2. The molecule has 0 atom stereocenters. The van der Waals surface area contributed by atoms with Crippen LogP contribution in [0.1, 0.15) is 17.0 Å². The van der Waals surface area contributed by atoms with Crippen LogP contribution in [-0.2, 0) is 6.18 Å². The number of rotatable bonds is 2. The molecule has 3 rings (SSSR count). The van der Waals surface area contributed by atoms with Gasteiger partial charge in [0.15, 0.2) is 5.69 Å². The largest absolute Gasteiger partial charge is 0.433 e. The molecule has 0 radical (unpaired) electrons. The Hall–Kier alpha value is -2.97. The standard InChI is InChI=1S/C15H12F3N5O/c1-7-3-4-10-9(5-7)8(2)19-13(20-10)23-14-21-11(15(16,17)18)6-12(24)22-14/h3-6H,1-2H3,(H2,19,20,21,22,23,24). The first-order valence-corrected chi connectivity index (χ1v) is 6.93. The zero-order valence-electron chi connectivity index (χ0n) is 12.7. The lowest BCUT2D eigenvalue weighted by atomic mass is 10.1. The van der Waals surface area contributed by atoms with E-state index in [2.05, 4.69) is 25.3 Å². The topological polar surface area (TPSA) is 83.6 Å². The zero-order valence-corrected chi connectivity index (χ0v) is 12.7. The molecule has 0 bridgehead atoms. The molecular weight excluding hydrogens is 323 g/mol. The molecule has 0 aliphatic heterocycles. The maximum atomic E-state index is 12.7. The first-order chi connectivity index (χ1) is 11.2. The van der Waals surface area contributed by atoms with Crippen molar-refractivity contribution in [3.05, 3.63) is 51.6 Å². The maximum Gasteiger partial charge on any atom is 0.433 e. The number of alkyl halides is 3. The lowest BCUT2D eigenvalue weighted by Gasteiger charge is -2.10. The third-order valence-electron chi connectivity index (χ3n) is 3.30. The molecule has 1 aromatic carbocycles. The van der Waals surface area contributed by atoms with E-state index in [0.717, 1.165) is 10.9 Å². The molecule has 0 unspecified atom stereocenters. The minimum Gasteiger partial charge on any atom is -0.294 e. The molecule has 0 saturated heterocycles. The summed E-state index contributed by atoms with van der Waals surface area (Å²) in [6, 6.07) is 5.95. The summed E-state index contributed by atoms with van der Waals surface area (Å²) in [7, 11) is 0. The fraction of sp³-hybridized carbons (Fsp3) is 0.200. The molecule has 0 spiro atoms. The normalized spacial score (nSPS) is 11.7. The van der Waals surface area contributed by atoms with Gasteiger partial charge in [-0.2, -0.15) is 13.2 Å². The number of aryl methyl sites for hydroxylation is 2. The molecule has 0 aliphatic carbocycles. The van der Waals surface area contributed by atoms with E-state index in [-0.39, 0.29) is 11.9 Å². The van der Waals surface area contributed by atoms with E-state index in [1.54, 1.807) is 13.0 Å². The van der Waals surface area contributed by atoms with Crippen molar-refractivity contribution in [2.45, 2.75) is 20.0 Å². The summed E-state index contributed by atoms with van der Waals surface area (Å²) < 4.78 is 38.2. The Morgan fingerprint density at radius 1 is 1.08 bits per heavy atom. The van der Waals surface area contributed by atoms with Gasteiger partial charge in [0.2, 0.25) is 11.9 Å². The number of benzene rings is 1. The van der Waals surface area contributed by atoms with Crippen molar-refractivity contribution < 1.29 is 13.2 Å². The van der Waals surface area contributed by atoms with E-state index in [1.807, 2.05) is 19.1 Å². The average molecular weight is 335 g/mol. The van der Waals surface area contributed by atoms with Gasteiger partial charge in [-0.1, -0.05) is 11.6 Å². The van der Waals surface area contributed by atoms with Crippen LogP contribution in [0.3, 0.4) is 0 Å². The number of H-pyrrole nitrogens is 1. The van der Waals surface area contributed by atoms with Crippen LogP contribution in [0.15, 0.2) is 29.1 Å². The van der Waals surface area contributed by atoms with Gasteiger partial charge in [-0.05, 0) is 26.0 Å². The molecule has 6 nitrogen and oxygen atoms in total. The van der Waals surface area contributed by atoms with Crippen LogP contribution in [0.25, 0.3) is 10.9 Å². The fourth-order valence-electron chi connectivity index (χ4n) is 2.22. The molecule has 124 valence electrons. The molecule has 2 heterocycles. The van der Waals surface area contributed by atoms with Crippen molar-refractivity contribution in [1.29, 1.82) is 0 Å². The minimum atomic E-state index is -4.72. The van der Waals surface area contributed by atoms with E-state index < -0.39 is 17.4 Å². The highest BCUT2D eigenvalue weighted by atomic mass is 19.4. The molecule has 3 aromatic rings. The SMILES string of the molecule is Cc1ccc2nc(Nc3nc(C(F)(F)F)cc(=O)[nH]3)nc(C)c2c1. The molecule has 0 aliphatic rings. The maximum absolute atomic E-state index is 12.7. The number of anilines is 2. The number of hydrogen-bond donors (Lipinski definition) is 2. The summed E-state index contributed by atoms with van der Waals surface area (Å²) in [5.41, 5.74) is 0.110. The van der Waals surface area contributed by atoms with E-state index >= 15 is 0 Å². The van der Waals surface area contributed by atoms with Gasteiger partial charge in [-0.3, -0.25) is 15.1 Å². The Kier molecular flexibility index (Phi) is 3.70. The highest BCUT2D eigenvalue weighted by molar-refractivity contribution is 5.82. The summed E-state index contributed by atoms with van der Waals surface area (Å²) in [5.74, 6) is -0.327. The first-order valence-electron chi connectivity index (χ1n) is 6.93. The Labute approximate surface area is 133 Å². The Morgan fingerprint density at radius 3 is 2.54 bits per heavy atom. The smallest absolute Gasteiger partial charge is 0.294 e. The lowest BCUT2D eigenvalue weighted by Crippen LogP contribution is -2.18. The molecule has 0 saturated carbocycles. The molecule has 0 amide bonds. The van der Waals surface area contributed by atoms with Gasteiger partial charge in [0.05, 0.1) is 11.2 Å². The highest BCUT2D eigenvalue weighted by Gasteiger charge is 2.33. The quantitative estimate of drug-likeness (QED) is 0.752. The molecule has 0 fully saturated rings. The average Bonchev–Trinajstić information content (AvgIpc) is 2.46. The predicted molar refractivity (Wildman–Crippen MR) is 82.2 cm³/mol. The first kappa shape index (κ1) is 15.9. The van der Waals surface area contributed by atoms with Crippen molar-refractivity contribution in [1.82, 2.24) is 19.9 Å². The molecule has 9 heteroatoms. The number of halogens is 3. The summed E-state index contributed by atoms with van der Waals surface area (Å²) in [4.78, 5) is 25.4. The van der Waals surface area contributed by atoms with Gasteiger partial charge in [-0.15, -0.1) is 0 Å². The van der Waals surface area contributed by atoms with Crippen molar-refractivity contribution in [3.63, 3.8) is 0 Å². The van der Waals surface area contributed by atoms with Crippen molar-refractivity contribution in [2.24, 2.45) is 0 Å². The van der Waals surface area contributed by atoms with Crippen LogP contribution in [0.5, 0.6) is 0 Å². The second-order valence-electron chi connectivity index (χ2n) is 5.26. The molecule has 2 N–H and O–H groups in total. The number of fused-ring (bicyclic) bond motifs is 1. The molecule has 2 aromatic heterocycles. The van der Waals surface area contributed by atoms with E-state index in [0.29, 0.717) is 17.3 Å². The lowest BCUT2D eigenvalue weighted by molar-refractivity contribution is -0.141. The Balaban J connectivity index is 2.03. The van der Waals surface area contributed by atoms with Crippen LogP contribution in [0.2, 0.25) is 0 Å². The predicted octanol–water partition coefficient (Wildman–Crippen LogP) is 3.09. The van der Waals surface area contributed by atoms with Crippen LogP contribution in [0.4, 0.5) is 25.1 Å². The summed E-state index contributed by atoms with van der Waals surface area (Å²) in [6.45, 7) is 3.69. The molecular formula is C15H12F3N5O. The minimum absolute atomic E-state index is 0.0475. The summed E-state index contributed by atoms with van der Waals surface area (Å²) in [6.07, 6.45) is -4.72. The van der Waals surface area contributed by atoms with Gasteiger partial charge in [-0.25, -0.2) is 15.0 Å². The van der Waals surface area contributed by atoms with E-state index in [4.69, 9.17) is 0 Å². The van der Waals surface area contributed by atoms with Crippen LogP contribution >= 0.6 is 0 Å². The second kappa shape index (κ2) is 5.59. The second-order valence-corrected chi connectivity index (χ2v) is 5.26. The summed E-state index contributed by atoms with van der Waals surface area (Å²) in [5, 5.41) is 3.35. The molecule has 24 heavy (non-hydrogen) atoms. The van der Waals surface area contributed by atoms with Gasteiger partial charge >= 0.3 is 6.18 Å². The Bertz CT molecular complexity index is 981. The number of aromatic nitrogens is 4. The Morgan fingerprint density at radius 2 is 1.83 bits per heavy atom. The summed E-state index contributed by atoms with van der Waals surface area (Å²) >= 11 is 0. The van der Waals surface area contributed by atoms with Crippen molar-refractivity contribution in [2.75, 3.05) is 5.32 Å².